The van der Waals surface area contributed by atoms with Gasteiger partial charge < -0.3 is 4.74 Å². The number of cyclic esters (lactones) is 1. The molecule has 1 heterocycles. The molecule has 1 fully saturated rings. The van der Waals surface area contributed by atoms with Crippen molar-refractivity contribution in [3.8, 4) is 0 Å². The lowest BCUT2D eigenvalue weighted by molar-refractivity contribution is 0.175. The summed E-state index contributed by atoms with van der Waals surface area (Å²) in [6, 6.07) is 0. The second kappa shape index (κ2) is 2.97. The van der Waals surface area contributed by atoms with Crippen LogP contribution in [-0.4, -0.2) is 17.7 Å². The van der Waals surface area contributed by atoms with Crippen molar-refractivity contribution in [2.24, 2.45) is 0 Å². The molecule has 3 heteroatoms. The predicted molar refractivity (Wildman–Crippen MR) is 33.0 cm³/mol. The van der Waals surface area contributed by atoms with Crippen LogP contribution >= 0.6 is 11.8 Å². The molecule has 8 heavy (non-hydrogen) atoms. The van der Waals surface area contributed by atoms with Gasteiger partial charge in [0, 0.05) is 5.75 Å². The molecule has 0 aromatic carbocycles. The summed E-state index contributed by atoms with van der Waals surface area (Å²) in [5.41, 5.74) is 0. The Morgan fingerprint density at radius 3 is 3.25 bits per heavy atom. The standard InChI is InChI=1S/C5H8O2S/c6-5-7-3-1-2-4-8-5/h1-4H2. The van der Waals surface area contributed by atoms with Gasteiger partial charge in [-0.1, -0.05) is 0 Å². The highest BCUT2D eigenvalue weighted by atomic mass is 32.2. The second-order valence-electron chi connectivity index (χ2n) is 1.65. The van der Waals surface area contributed by atoms with E-state index in [-0.39, 0.29) is 5.30 Å². The molecule has 1 aliphatic heterocycles. The Labute approximate surface area is 52.6 Å². The number of ether oxygens (including phenoxy) is 1. The van der Waals surface area contributed by atoms with Crippen LogP contribution in [0.2, 0.25) is 0 Å². The van der Waals surface area contributed by atoms with Crippen LogP contribution in [0.1, 0.15) is 12.8 Å². The van der Waals surface area contributed by atoms with Gasteiger partial charge in [0.15, 0.2) is 0 Å². The number of hydrogen-bond acceptors (Lipinski definition) is 3. The quantitative estimate of drug-likeness (QED) is 0.469. The van der Waals surface area contributed by atoms with Gasteiger partial charge in [0.25, 0.3) is 0 Å². The van der Waals surface area contributed by atoms with Crippen molar-refractivity contribution in [3.63, 3.8) is 0 Å². The van der Waals surface area contributed by atoms with Crippen LogP contribution in [0.15, 0.2) is 0 Å². The smallest absolute Gasteiger partial charge is 0.367 e. The zero-order valence-corrected chi connectivity index (χ0v) is 5.37. The van der Waals surface area contributed by atoms with Crippen molar-refractivity contribution in [2.45, 2.75) is 12.8 Å². The van der Waals surface area contributed by atoms with Crippen LogP contribution in [0.5, 0.6) is 0 Å². The monoisotopic (exact) mass is 132 g/mol. The molecule has 0 unspecified atom stereocenters. The molecule has 0 N–H and O–H groups in total. The van der Waals surface area contributed by atoms with Crippen LogP contribution in [-0.2, 0) is 4.74 Å². The molecule has 0 amide bonds. The summed E-state index contributed by atoms with van der Waals surface area (Å²) in [5, 5.41) is -0.109. The number of carbonyl (C=O) groups excluding carboxylic acids is 1. The van der Waals surface area contributed by atoms with E-state index in [1.807, 2.05) is 0 Å². The first-order chi connectivity index (χ1) is 3.89. The van der Waals surface area contributed by atoms with Crippen molar-refractivity contribution in [1.29, 1.82) is 0 Å². The number of carbonyl (C=O) groups is 1. The third-order valence-electron chi connectivity index (χ3n) is 0.979. The van der Waals surface area contributed by atoms with Crippen molar-refractivity contribution in [3.05, 3.63) is 0 Å². The van der Waals surface area contributed by atoms with Crippen molar-refractivity contribution < 1.29 is 9.53 Å². The van der Waals surface area contributed by atoms with Crippen molar-refractivity contribution in [1.82, 2.24) is 0 Å². The summed E-state index contributed by atoms with van der Waals surface area (Å²) < 4.78 is 4.73. The molecule has 0 aromatic heterocycles. The molecule has 1 saturated heterocycles. The van der Waals surface area contributed by atoms with E-state index in [9.17, 15) is 4.79 Å². The van der Waals surface area contributed by atoms with E-state index in [4.69, 9.17) is 4.74 Å². The first-order valence-corrected chi connectivity index (χ1v) is 3.68. The van der Waals surface area contributed by atoms with Gasteiger partial charge in [0.2, 0.25) is 0 Å². The zero-order chi connectivity index (χ0) is 5.82. The maximum Gasteiger partial charge on any atom is 0.367 e. The van der Waals surface area contributed by atoms with E-state index in [0.29, 0.717) is 6.61 Å². The van der Waals surface area contributed by atoms with Gasteiger partial charge in [0.1, 0.15) is 0 Å². The van der Waals surface area contributed by atoms with E-state index >= 15 is 0 Å². The third-order valence-corrected chi connectivity index (χ3v) is 1.82. The maximum atomic E-state index is 10.4. The summed E-state index contributed by atoms with van der Waals surface area (Å²) >= 11 is 1.28. The predicted octanol–water partition coefficient (Wildman–Crippen LogP) is 1.65. The van der Waals surface area contributed by atoms with E-state index in [1.54, 1.807) is 0 Å². The minimum absolute atomic E-state index is 0.109. The molecule has 0 atom stereocenters. The van der Waals surface area contributed by atoms with Gasteiger partial charge >= 0.3 is 5.30 Å². The molecule has 0 aliphatic carbocycles. The van der Waals surface area contributed by atoms with Crippen molar-refractivity contribution in [2.75, 3.05) is 12.4 Å². The lowest BCUT2D eigenvalue weighted by atomic mass is 10.4. The highest BCUT2D eigenvalue weighted by Crippen LogP contribution is 2.12. The van der Waals surface area contributed by atoms with E-state index in [1.165, 1.54) is 11.8 Å². The molecule has 0 radical (unpaired) electrons. The van der Waals surface area contributed by atoms with Gasteiger partial charge in [-0.05, 0) is 24.6 Å². The zero-order valence-electron chi connectivity index (χ0n) is 4.55. The summed E-state index contributed by atoms with van der Waals surface area (Å²) in [4.78, 5) is 10.4. The largest absolute Gasteiger partial charge is 0.458 e. The summed E-state index contributed by atoms with van der Waals surface area (Å²) in [6.45, 7) is 0.617. The highest BCUT2D eigenvalue weighted by Gasteiger charge is 2.06. The fraction of sp³-hybridized carbons (Fsp3) is 0.800. The Balaban J connectivity index is 2.27. The van der Waals surface area contributed by atoms with Crippen LogP contribution in [0.25, 0.3) is 0 Å². The molecule has 0 saturated carbocycles. The highest BCUT2D eigenvalue weighted by molar-refractivity contribution is 8.13. The van der Waals surface area contributed by atoms with Gasteiger partial charge in [-0.15, -0.1) is 0 Å². The van der Waals surface area contributed by atoms with E-state index in [2.05, 4.69) is 0 Å². The fourth-order valence-corrected chi connectivity index (χ4v) is 1.24. The maximum absolute atomic E-state index is 10.4. The van der Waals surface area contributed by atoms with E-state index in [0.717, 1.165) is 18.6 Å². The van der Waals surface area contributed by atoms with Gasteiger partial charge in [-0.2, -0.15) is 0 Å². The van der Waals surface area contributed by atoms with Gasteiger partial charge in [-0.3, -0.25) is 0 Å². The van der Waals surface area contributed by atoms with Crippen LogP contribution in [0.3, 0.4) is 0 Å². The Hall–Kier alpha value is -0.180. The fourth-order valence-electron chi connectivity index (χ4n) is 0.557. The minimum atomic E-state index is -0.109. The first kappa shape index (κ1) is 5.95. The molecule has 0 spiro atoms. The average molecular weight is 132 g/mol. The third kappa shape index (κ3) is 1.74. The number of thioether (sulfide) groups is 1. The SMILES string of the molecule is O=C1OCCCCS1. The Bertz CT molecular complexity index is 82.4. The molecule has 0 aromatic rings. The Kier molecular flexibility index (Phi) is 2.21. The van der Waals surface area contributed by atoms with Crippen LogP contribution < -0.4 is 0 Å². The second-order valence-corrected chi connectivity index (χ2v) is 2.68. The Morgan fingerprint density at radius 1 is 1.50 bits per heavy atom. The molecular formula is C5H8O2S. The summed E-state index contributed by atoms with van der Waals surface area (Å²) in [7, 11) is 0. The lowest BCUT2D eigenvalue weighted by Crippen LogP contribution is -1.93. The Morgan fingerprint density at radius 2 is 2.38 bits per heavy atom. The average Bonchev–Trinajstić information content (AvgIpc) is 1.94. The summed E-state index contributed by atoms with van der Waals surface area (Å²) in [6.07, 6.45) is 2.13. The van der Waals surface area contributed by atoms with Gasteiger partial charge in [-0.25, -0.2) is 4.79 Å². The van der Waals surface area contributed by atoms with Crippen LogP contribution in [0, 0.1) is 0 Å². The molecule has 46 valence electrons. The summed E-state index contributed by atoms with van der Waals surface area (Å²) in [5.74, 6) is 0.929. The molecule has 2 nitrogen and oxygen atoms in total. The number of rotatable bonds is 0. The molecule has 1 aliphatic rings. The molecule has 0 bridgehead atoms. The first-order valence-electron chi connectivity index (χ1n) is 2.69. The van der Waals surface area contributed by atoms with Gasteiger partial charge in [0.05, 0.1) is 6.61 Å². The van der Waals surface area contributed by atoms with E-state index < -0.39 is 0 Å². The minimum Gasteiger partial charge on any atom is -0.458 e. The molecular weight excluding hydrogens is 124 g/mol. The van der Waals surface area contributed by atoms with Crippen molar-refractivity contribution >= 4 is 17.1 Å². The topological polar surface area (TPSA) is 26.3 Å². The normalized spacial score (nSPS) is 21.8. The lowest BCUT2D eigenvalue weighted by Gasteiger charge is -1.92. The van der Waals surface area contributed by atoms with Crippen LogP contribution in [0.4, 0.5) is 4.79 Å². The number of hydrogen-bond donors (Lipinski definition) is 0. The molecule has 1 rings (SSSR count).